The smallest absolute Gasteiger partial charge is 0.316 e. The van der Waals surface area contributed by atoms with E-state index in [1.807, 2.05) is 27.2 Å². The van der Waals surface area contributed by atoms with Gasteiger partial charge in [-0.05, 0) is 44.9 Å². The molecule has 0 rings (SSSR count). The standard InChI is InChI=1S/C27H44NO4/c1-5-6-7-8-9-10-11-12-13-14-15-16-17-18-19-20-21-22-26(30)32-27(31)23-25(29)24-28(2,3)4/h6-7,9-10,12-13,15-16,18-19,25,29H,5,8,11,14,17,20-24H2,1-4H3/q+1. The van der Waals surface area contributed by atoms with Crippen molar-refractivity contribution in [2.45, 2.75) is 70.8 Å². The lowest BCUT2D eigenvalue weighted by Gasteiger charge is -2.26. The highest BCUT2D eigenvalue weighted by Crippen LogP contribution is 2.04. The van der Waals surface area contributed by atoms with Gasteiger partial charge in [0, 0.05) is 6.42 Å². The minimum absolute atomic E-state index is 0.157. The molecule has 0 amide bonds. The van der Waals surface area contributed by atoms with Crippen LogP contribution in [0, 0.1) is 0 Å². The SMILES string of the molecule is CCC=CCC=CCC=CCC=CCC=CCCCC(=O)OC(=O)CC(O)C[N+](C)(C)C. The summed E-state index contributed by atoms with van der Waals surface area (Å²) in [6.45, 7) is 2.56. The quantitative estimate of drug-likeness (QED) is 0.106. The molecule has 0 aliphatic rings. The van der Waals surface area contributed by atoms with Gasteiger partial charge in [-0.2, -0.15) is 0 Å². The number of esters is 2. The maximum Gasteiger partial charge on any atom is 0.316 e. The van der Waals surface area contributed by atoms with Gasteiger partial charge in [-0.25, -0.2) is 0 Å². The molecule has 0 aliphatic carbocycles. The monoisotopic (exact) mass is 446 g/mol. The van der Waals surface area contributed by atoms with Crippen LogP contribution in [0.2, 0.25) is 0 Å². The average molecular weight is 447 g/mol. The number of carbonyl (C=O) groups excluding carboxylic acids is 2. The van der Waals surface area contributed by atoms with Gasteiger partial charge < -0.3 is 14.3 Å². The van der Waals surface area contributed by atoms with Crippen LogP contribution in [0.3, 0.4) is 0 Å². The first kappa shape index (κ1) is 29.8. The van der Waals surface area contributed by atoms with Crippen molar-refractivity contribution in [2.24, 2.45) is 0 Å². The Labute approximate surface area is 195 Å². The van der Waals surface area contributed by atoms with Crippen LogP contribution >= 0.6 is 0 Å². The van der Waals surface area contributed by atoms with Gasteiger partial charge in [0.25, 0.3) is 0 Å². The molecule has 0 saturated heterocycles. The molecule has 0 bridgehead atoms. The molecule has 0 aromatic rings. The highest BCUT2D eigenvalue weighted by Gasteiger charge is 2.20. The zero-order valence-corrected chi connectivity index (χ0v) is 20.5. The molecule has 0 heterocycles. The molecule has 0 aromatic carbocycles. The third kappa shape index (κ3) is 22.4. The molecular weight excluding hydrogens is 402 g/mol. The lowest BCUT2D eigenvalue weighted by atomic mass is 10.2. The summed E-state index contributed by atoms with van der Waals surface area (Å²) in [5.41, 5.74) is 0. The van der Waals surface area contributed by atoms with E-state index in [1.54, 1.807) is 0 Å². The largest absolute Gasteiger partial charge is 0.393 e. The first-order chi connectivity index (χ1) is 15.2. The number of aliphatic hydroxyl groups is 1. The summed E-state index contributed by atoms with van der Waals surface area (Å²) in [5, 5.41) is 9.85. The van der Waals surface area contributed by atoms with Crippen LogP contribution < -0.4 is 0 Å². The van der Waals surface area contributed by atoms with Crippen molar-refractivity contribution in [3.05, 3.63) is 60.8 Å². The van der Waals surface area contributed by atoms with Gasteiger partial charge in [0.05, 0.1) is 27.6 Å². The number of nitrogens with zero attached hydrogens (tertiary/aromatic N) is 1. The topological polar surface area (TPSA) is 63.6 Å². The molecule has 1 N–H and O–H groups in total. The Kier molecular flexibility index (Phi) is 18.1. The molecule has 0 aliphatic heterocycles. The summed E-state index contributed by atoms with van der Waals surface area (Å²) in [6.07, 6.45) is 27.0. The average Bonchev–Trinajstić information content (AvgIpc) is 2.68. The second kappa shape index (κ2) is 19.4. The maximum absolute atomic E-state index is 11.7. The summed E-state index contributed by atoms with van der Waals surface area (Å²) >= 11 is 0. The number of allylic oxidation sites excluding steroid dienone is 10. The molecule has 0 radical (unpaired) electrons. The van der Waals surface area contributed by atoms with E-state index in [-0.39, 0.29) is 12.8 Å². The van der Waals surface area contributed by atoms with E-state index in [4.69, 9.17) is 4.74 Å². The molecule has 0 aromatic heterocycles. The fraction of sp³-hybridized carbons (Fsp3) is 0.556. The summed E-state index contributed by atoms with van der Waals surface area (Å²) in [4.78, 5) is 23.4. The predicted molar refractivity (Wildman–Crippen MR) is 133 cm³/mol. The summed E-state index contributed by atoms with van der Waals surface area (Å²) in [6, 6.07) is 0. The molecule has 32 heavy (non-hydrogen) atoms. The second-order valence-corrected chi connectivity index (χ2v) is 8.78. The molecule has 1 atom stereocenters. The van der Waals surface area contributed by atoms with Gasteiger partial charge >= 0.3 is 11.9 Å². The van der Waals surface area contributed by atoms with E-state index >= 15 is 0 Å². The summed E-state index contributed by atoms with van der Waals surface area (Å²) < 4.78 is 5.31. The number of likely N-dealkylation sites (N-methyl/N-ethyl adjacent to an activating group) is 1. The van der Waals surface area contributed by atoms with E-state index in [9.17, 15) is 14.7 Å². The highest BCUT2D eigenvalue weighted by molar-refractivity contribution is 5.85. The van der Waals surface area contributed by atoms with Crippen LogP contribution in [0.5, 0.6) is 0 Å². The van der Waals surface area contributed by atoms with E-state index in [0.29, 0.717) is 17.4 Å². The van der Waals surface area contributed by atoms with E-state index in [2.05, 4.69) is 61.6 Å². The minimum Gasteiger partial charge on any atom is -0.393 e. The fourth-order valence-electron chi connectivity index (χ4n) is 2.84. The molecule has 5 nitrogen and oxygen atoms in total. The fourth-order valence-corrected chi connectivity index (χ4v) is 2.84. The first-order valence-corrected chi connectivity index (χ1v) is 11.7. The Morgan fingerprint density at radius 1 is 0.781 bits per heavy atom. The van der Waals surface area contributed by atoms with Crippen LogP contribution in [0.4, 0.5) is 0 Å². The molecule has 180 valence electrons. The summed E-state index contributed by atoms with van der Waals surface area (Å²) in [7, 11) is 5.77. The first-order valence-electron chi connectivity index (χ1n) is 11.7. The zero-order chi connectivity index (χ0) is 24.1. The van der Waals surface area contributed by atoms with Gasteiger partial charge in [-0.1, -0.05) is 67.7 Å². The van der Waals surface area contributed by atoms with Gasteiger partial charge in [0.2, 0.25) is 0 Å². The molecule has 1 unspecified atom stereocenters. The van der Waals surface area contributed by atoms with E-state index in [1.165, 1.54) is 0 Å². The second-order valence-electron chi connectivity index (χ2n) is 8.78. The van der Waals surface area contributed by atoms with Crippen molar-refractivity contribution in [1.29, 1.82) is 0 Å². The van der Waals surface area contributed by atoms with Crippen LogP contribution in [-0.4, -0.2) is 55.3 Å². The Morgan fingerprint density at radius 2 is 1.25 bits per heavy atom. The van der Waals surface area contributed by atoms with Gasteiger partial charge in [-0.15, -0.1) is 0 Å². The molecular formula is C27H44NO4+. The van der Waals surface area contributed by atoms with Crippen molar-refractivity contribution >= 4 is 11.9 Å². The number of hydrogen-bond donors (Lipinski definition) is 1. The highest BCUT2D eigenvalue weighted by atomic mass is 16.6. The van der Waals surface area contributed by atoms with Crippen molar-refractivity contribution in [1.82, 2.24) is 0 Å². The van der Waals surface area contributed by atoms with Crippen LogP contribution in [0.25, 0.3) is 0 Å². The number of carbonyl (C=O) groups is 2. The molecule has 0 fully saturated rings. The number of ether oxygens (including phenoxy) is 1. The Hall–Kier alpha value is -2.24. The molecule has 5 heteroatoms. The van der Waals surface area contributed by atoms with Crippen molar-refractivity contribution in [2.75, 3.05) is 27.7 Å². The van der Waals surface area contributed by atoms with Crippen molar-refractivity contribution in [3.63, 3.8) is 0 Å². The van der Waals surface area contributed by atoms with Crippen LogP contribution in [0.15, 0.2) is 60.8 Å². The van der Waals surface area contributed by atoms with Crippen molar-refractivity contribution < 1.29 is 23.9 Å². The van der Waals surface area contributed by atoms with Gasteiger partial charge in [-0.3, -0.25) is 9.59 Å². The van der Waals surface area contributed by atoms with Crippen molar-refractivity contribution in [3.8, 4) is 0 Å². The number of hydrogen-bond acceptors (Lipinski definition) is 4. The number of rotatable bonds is 17. The predicted octanol–water partition coefficient (Wildman–Crippen LogP) is 5.44. The van der Waals surface area contributed by atoms with E-state index in [0.717, 1.165) is 38.5 Å². The Bertz CT molecular complexity index is 651. The number of quaternary nitrogens is 1. The Morgan fingerprint density at radius 3 is 1.72 bits per heavy atom. The lowest BCUT2D eigenvalue weighted by Crippen LogP contribution is -2.42. The van der Waals surface area contributed by atoms with E-state index < -0.39 is 18.0 Å². The minimum atomic E-state index is -0.809. The maximum atomic E-state index is 11.7. The molecule has 0 saturated carbocycles. The van der Waals surface area contributed by atoms with Crippen LogP contribution in [0.1, 0.15) is 64.7 Å². The zero-order valence-electron chi connectivity index (χ0n) is 20.5. The third-order valence-electron chi connectivity index (χ3n) is 4.30. The van der Waals surface area contributed by atoms with Crippen LogP contribution in [-0.2, 0) is 14.3 Å². The summed E-state index contributed by atoms with van der Waals surface area (Å²) in [5.74, 6) is -1.19. The number of aliphatic hydroxyl groups excluding tert-OH is 1. The van der Waals surface area contributed by atoms with Gasteiger partial charge in [0.1, 0.15) is 12.6 Å². The molecule has 0 spiro atoms. The third-order valence-corrected chi connectivity index (χ3v) is 4.30. The Balaban J connectivity index is 3.74. The lowest BCUT2D eigenvalue weighted by molar-refractivity contribution is -0.873. The van der Waals surface area contributed by atoms with Gasteiger partial charge in [0.15, 0.2) is 0 Å². The normalized spacial score (nSPS) is 13.9. The number of unbranched alkanes of at least 4 members (excludes halogenated alkanes) is 1.